The molecule has 2 N–H and O–H groups in total. The molecule has 0 bridgehead atoms. The average Bonchev–Trinajstić information content (AvgIpc) is 2.78. The van der Waals surface area contributed by atoms with Crippen LogP contribution in [0.5, 0.6) is 0 Å². The number of carbonyl (C=O) groups excluding carboxylic acids is 3. The summed E-state index contributed by atoms with van der Waals surface area (Å²) in [5.74, 6) is -0.375. The van der Waals surface area contributed by atoms with Crippen LogP contribution in [-0.2, 0) is 19.1 Å². The summed E-state index contributed by atoms with van der Waals surface area (Å²) in [6, 6.07) is 6.27. The van der Waals surface area contributed by atoms with E-state index in [9.17, 15) is 14.4 Å². The van der Waals surface area contributed by atoms with Gasteiger partial charge in [-0.05, 0) is 37.5 Å². The third-order valence-electron chi connectivity index (χ3n) is 5.98. The summed E-state index contributed by atoms with van der Waals surface area (Å²) in [7, 11) is 3.14. The molecule has 1 aromatic rings. The Labute approximate surface area is 183 Å². The normalized spacial score (nSPS) is 19.8. The van der Waals surface area contributed by atoms with E-state index in [2.05, 4.69) is 10.6 Å². The number of nitrogens with one attached hydrogen (secondary N) is 2. The van der Waals surface area contributed by atoms with E-state index in [0.717, 1.165) is 31.2 Å². The zero-order chi connectivity index (χ0) is 22.4. The van der Waals surface area contributed by atoms with Gasteiger partial charge in [0.15, 0.2) is 0 Å². The number of hydrogen-bond acceptors (Lipinski definition) is 5. The minimum absolute atomic E-state index is 0.0539. The van der Waals surface area contributed by atoms with Gasteiger partial charge in [0.05, 0.1) is 18.2 Å². The number of esters is 1. The van der Waals surface area contributed by atoms with E-state index in [4.69, 9.17) is 9.47 Å². The minimum Gasteiger partial charge on any atom is -0.460 e. The lowest BCUT2D eigenvalue weighted by Crippen LogP contribution is -2.46. The number of hydrogen-bond donors (Lipinski definition) is 2. The van der Waals surface area contributed by atoms with Crippen LogP contribution in [-0.4, -0.2) is 50.2 Å². The lowest BCUT2D eigenvalue weighted by Gasteiger charge is -2.33. The van der Waals surface area contributed by atoms with Crippen molar-refractivity contribution in [2.75, 3.05) is 32.7 Å². The third kappa shape index (κ3) is 5.44. The smallest absolute Gasteiger partial charge is 0.338 e. The molecule has 0 saturated heterocycles. The third-order valence-corrected chi connectivity index (χ3v) is 5.98. The molecule has 8 heteroatoms. The first kappa shape index (κ1) is 22.8. The highest BCUT2D eigenvalue weighted by atomic mass is 16.6. The summed E-state index contributed by atoms with van der Waals surface area (Å²) in [6.07, 6.45) is 5.27. The van der Waals surface area contributed by atoms with Gasteiger partial charge in [-0.3, -0.25) is 4.79 Å². The molecule has 1 aliphatic carbocycles. The molecule has 0 aromatic heterocycles. The number of rotatable bonds is 7. The van der Waals surface area contributed by atoms with E-state index in [-0.39, 0.29) is 24.5 Å². The topological polar surface area (TPSA) is 97.0 Å². The van der Waals surface area contributed by atoms with E-state index in [1.165, 1.54) is 18.4 Å². The van der Waals surface area contributed by atoms with Crippen LogP contribution in [0.4, 0.5) is 10.5 Å². The zero-order valence-electron chi connectivity index (χ0n) is 18.4. The van der Waals surface area contributed by atoms with Crippen molar-refractivity contribution in [2.45, 2.75) is 45.1 Å². The van der Waals surface area contributed by atoms with Gasteiger partial charge in [0.25, 0.3) is 0 Å². The molecule has 1 unspecified atom stereocenters. The molecular formula is C23H31N3O5. The van der Waals surface area contributed by atoms with Crippen molar-refractivity contribution in [3.8, 4) is 0 Å². The van der Waals surface area contributed by atoms with Crippen LogP contribution in [0.25, 0.3) is 0 Å². The number of carbonyl (C=O) groups is 3. The predicted molar refractivity (Wildman–Crippen MR) is 116 cm³/mol. The Bertz CT molecular complexity index is 843. The number of nitrogens with zero attached hydrogens (tertiary/aromatic N) is 1. The van der Waals surface area contributed by atoms with Crippen molar-refractivity contribution in [3.63, 3.8) is 0 Å². The maximum atomic E-state index is 12.7. The van der Waals surface area contributed by atoms with E-state index in [1.807, 2.05) is 12.1 Å². The molecule has 0 spiro atoms. The fourth-order valence-electron chi connectivity index (χ4n) is 4.01. The lowest BCUT2D eigenvalue weighted by molar-refractivity contribution is -0.141. The van der Waals surface area contributed by atoms with Crippen molar-refractivity contribution in [1.82, 2.24) is 10.2 Å². The summed E-state index contributed by atoms with van der Waals surface area (Å²) in [6.45, 7) is 2.14. The molecule has 3 rings (SSSR count). The SMILES string of the molecule is COCCOC(=O)C1=C(C)N(C)C(=O)NC1c1ccc(NC(=O)C2CCCCC2)cc1. The molecular weight excluding hydrogens is 398 g/mol. The Morgan fingerprint density at radius 2 is 1.81 bits per heavy atom. The Balaban J connectivity index is 1.76. The molecule has 1 saturated carbocycles. The first-order valence-corrected chi connectivity index (χ1v) is 10.7. The van der Waals surface area contributed by atoms with Crippen molar-refractivity contribution in [2.24, 2.45) is 5.92 Å². The number of methoxy groups -OCH3 is 1. The Morgan fingerprint density at radius 1 is 1.13 bits per heavy atom. The van der Waals surface area contributed by atoms with E-state index in [1.54, 1.807) is 26.1 Å². The second kappa shape index (κ2) is 10.4. The van der Waals surface area contributed by atoms with Gasteiger partial charge in [-0.2, -0.15) is 0 Å². The first-order chi connectivity index (χ1) is 14.9. The molecule has 1 aromatic carbocycles. The summed E-state index contributed by atoms with van der Waals surface area (Å²) in [4.78, 5) is 39.0. The van der Waals surface area contributed by atoms with Crippen molar-refractivity contribution in [3.05, 3.63) is 41.1 Å². The van der Waals surface area contributed by atoms with Gasteiger partial charge < -0.3 is 25.0 Å². The number of amides is 3. The number of allylic oxidation sites excluding steroid dienone is 1. The Kier molecular flexibility index (Phi) is 7.68. The number of ether oxygens (including phenoxy) is 2. The molecule has 1 fully saturated rings. The highest BCUT2D eigenvalue weighted by Gasteiger charge is 2.35. The maximum Gasteiger partial charge on any atom is 0.338 e. The van der Waals surface area contributed by atoms with Gasteiger partial charge in [-0.15, -0.1) is 0 Å². The molecule has 31 heavy (non-hydrogen) atoms. The van der Waals surface area contributed by atoms with E-state index >= 15 is 0 Å². The maximum absolute atomic E-state index is 12.7. The number of anilines is 1. The predicted octanol–water partition coefficient (Wildman–Crippen LogP) is 3.37. The second-order valence-electron chi connectivity index (χ2n) is 8.02. The summed E-state index contributed by atoms with van der Waals surface area (Å²) in [5, 5.41) is 5.84. The Morgan fingerprint density at radius 3 is 2.45 bits per heavy atom. The van der Waals surface area contributed by atoms with Crippen LogP contribution in [0.3, 0.4) is 0 Å². The average molecular weight is 430 g/mol. The van der Waals surface area contributed by atoms with Crippen molar-refractivity contribution >= 4 is 23.6 Å². The van der Waals surface area contributed by atoms with Gasteiger partial charge >= 0.3 is 12.0 Å². The molecule has 1 heterocycles. The highest BCUT2D eigenvalue weighted by molar-refractivity contribution is 5.95. The molecule has 8 nitrogen and oxygen atoms in total. The molecule has 2 aliphatic rings. The molecule has 1 atom stereocenters. The second-order valence-corrected chi connectivity index (χ2v) is 8.02. The van der Waals surface area contributed by atoms with Crippen LogP contribution in [0.2, 0.25) is 0 Å². The number of benzene rings is 1. The zero-order valence-corrected chi connectivity index (χ0v) is 18.4. The molecule has 3 amide bonds. The minimum atomic E-state index is -0.637. The van der Waals surface area contributed by atoms with Gasteiger partial charge in [0, 0.05) is 31.5 Å². The standard InChI is InChI=1S/C23H31N3O5/c1-15-19(22(28)31-14-13-30-3)20(25-23(29)26(15)2)16-9-11-18(12-10-16)24-21(27)17-7-5-4-6-8-17/h9-12,17,20H,4-8,13-14H2,1-3H3,(H,24,27)(H,25,29). The van der Waals surface area contributed by atoms with E-state index < -0.39 is 12.0 Å². The quantitative estimate of drug-likeness (QED) is 0.512. The summed E-state index contributed by atoms with van der Waals surface area (Å²) in [5.41, 5.74) is 2.33. The van der Waals surface area contributed by atoms with Crippen LogP contribution in [0.1, 0.15) is 50.6 Å². The van der Waals surface area contributed by atoms with Gasteiger partial charge in [0.1, 0.15) is 6.61 Å². The molecule has 0 radical (unpaired) electrons. The van der Waals surface area contributed by atoms with Gasteiger partial charge in [-0.25, -0.2) is 9.59 Å². The first-order valence-electron chi connectivity index (χ1n) is 10.7. The van der Waals surface area contributed by atoms with Gasteiger partial charge in [-0.1, -0.05) is 31.4 Å². The van der Waals surface area contributed by atoms with Gasteiger partial charge in [0.2, 0.25) is 5.91 Å². The van der Waals surface area contributed by atoms with Crippen LogP contribution in [0.15, 0.2) is 35.5 Å². The highest BCUT2D eigenvalue weighted by Crippen LogP contribution is 2.31. The summed E-state index contributed by atoms with van der Waals surface area (Å²) >= 11 is 0. The molecule has 168 valence electrons. The summed E-state index contributed by atoms with van der Waals surface area (Å²) < 4.78 is 10.3. The van der Waals surface area contributed by atoms with Crippen LogP contribution in [0, 0.1) is 5.92 Å². The fraction of sp³-hybridized carbons (Fsp3) is 0.522. The monoisotopic (exact) mass is 429 g/mol. The van der Waals surface area contributed by atoms with E-state index in [0.29, 0.717) is 23.6 Å². The van der Waals surface area contributed by atoms with Crippen molar-refractivity contribution < 1.29 is 23.9 Å². The fourth-order valence-corrected chi connectivity index (χ4v) is 4.01. The van der Waals surface area contributed by atoms with Crippen molar-refractivity contribution in [1.29, 1.82) is 0 Å². The van der Waals surface area contributed by atoms with Crippen LogP contribution < -0.4 is 10.6 Å². The Hall–Kier alpha value is -2.87. The largest absolute Gasteiger partial charge is 0.460 e. The number of urea groups is 1. The lowest BCUT2D eigenvalue weighted by atomic mass is 9.88. The molecule has 1 aliphatic heterocycles. The van der Waals surface area contributed by atoms with Crippen LogP contribution >= 0.6 is 0 Å².